The van der Waals surface area contributed by atoms with E-state index in [1.165, 1.54) is 17.0 Å². The number of hydrogen-bond donors (Lipinski definition) is 6. The molecule has 2 aromatic heterocycles. The summed E-state index contributed by atoms with van der Waals surface area (Å²) in [5, 5.41) is 34.0. The molecule has 0 spiro atoms. The van der Waals surface area contributed by atoms with E-state index in [-0.39, 0.29) is 23.3 Å². The second-order valence-corrected chi connectivity index (χ2v) is 12.1. The molecule has 0 saturated carbocycles. The smallest absolute Gasteiger partial charge is 0.481 e. The van der Waals surface area contributed by atoms with Crippen molar-refractivity contribution in [1.29, 1.82) is 0 Å². The van der Waals surface area contributed by atoms with Crippen LogP contribution in [0, 0.1) is 5.82 Å². The molecule has 1 saturated heterocycles. The Balaban J connectivity index is 1.44. The predicted octanol–water partition coefficient (Wildman–Crippen LogP) is 0.0745. The number of aliphatic hydroxyl groups excluding tert-OH is 2. The lowest BCUT2D eigenvalue weighted by molar-refractivity contribution is -0.745. The van der Waals surface area contributed by atoms with E-state index in [1.807, 2.05) is 30.3 Å². The van der Waals surface area contributed by atoms with Gasteiger partial charge in [0.2, 0.25) is 6.23 Å². The number of aliphatic hydroxyl groups is 2. The first kappa shape index (κ1) is 30.1. The van der Waals surface area contributed by atoms with Gasteiger partial charge in [-0.1, -0.05) is 47.4 Å². The first-order valence-electron chi connectivity index (χ1n) is 12.1. The van der Waals surface area contributed by atoms with Crippen LogP contribution in [0.5, 0.6) is 5.88 Å². The number of imidazole rings is 1. The average Bonchev–Trinajstić information content (AvgIpc) is 3.39. The highest BCUT2D eigenvalue weighted by atomic mass is 31.3. The molecule has 4 aromatic rings. The number of nitrogens with two attached hydrogens (primary N) is 1. The quantitative estimate of drug-likeness (QED) is 0.106. The van der Waals surface area contributed by atoms with Crippen LogP contribution in [0.4, 0.5) is 10.3 Å². The van der Waals surface area contributed by atoms with Crippen molar-refractivity contribution in [3.8, 4) is 17.0 Å². The second-order valence-electron chi connectivity index (χ2n) is 9.26. The van der Waals surface area contributed by atoms with E-state index in [1.54, 1.807) is 12.1 Å². The third kappa shape index (κ3) is 6.35. The van der Waals surface area contributed by atoms with Crippen molar-refractivity contribution in [3.63, 3.8) is 0 Å². The van der Waals surface area contributed by atoms with Crippen LogP contribution in [0.3, 0.4) is 0 Å². The number of anilines is 1. The minimum atomic E-state index is -5.40. The maximum atomic E-state index is 15.2. The molecule has 0 aliphatic carbocycles. The Morgan fingerprint density at radius 2 is 1.79 bits per heavy atom. The van der Waals surface area contributed by atoms with Gasteiger partial charge in [-0.25, -0.2) is 23.1 Å². The number of phosphoric acid groups is 2. The fourth-order valence-electron chi connectivity index (χ4n) is 4.53. The number of aromatic nitrogens is 4. The maximum absolute atomic E-state index is 15.2. The number of ether oxygens (including phenoxy) is 1. The Labute approximate surface area is 235 Å². The van der Waals surface area contributed by atoms with Crippen molar-refractivity contribution in [1.82, 2.24) is 14.5 Å². The normalized spacial score (nSPS) is 22.4. The Morgan fingerprint density at radius 1 is 1.07 bits per heavy atom. The van der Waals surface area contributed by atoms with Crippen molar-refractivity contribution in [2.45, 2.75) is 31.1 Å². The van der Waals surface area contributed by atoms with Gasteiger partial charge in [0.1, 0.15) is 24.1 Å². The first-order valence-corrected chi connectivity index (χ1v) is 15.1. The van der Waals surface area contributed by atoms with Crippen LogP contribution in [0.15, 0.2) is 54.9 Å². The minimum Gasteiger partial charge on any atom is -0.856 e. The zero-order valence-corrected chi connectivity index (χ0v) is 23.0. The number of phosphoric ester groups is 1. The van der Waals surface area contributed by atoms with Crippen molar-refractivity contribution in [2.24, 2.45) is 0 Å². The highest BCUT2D eigenvalue weighted by Crippen LogP contribution is 2.57. The lowest BCUT2D eigenvalue weighted by atomic mass is 10.0. The SMILES string of the molecule is Nc1nc([O-])c2c(n1)[n+]([C@@H]1O[C@H](COP(=O)(O)OP(=O)(O)O)[C@@H](O)[C@H]1O)cn2Cc1ccc(-c2ccccc2)cc1F. The summed E-state index contributed by atoms with van der Waals surface area (Å²) in [7, 11) is -10.7. The van der Waals surface area contributed by atoms with Gasteiger partial charge in [-0.05, 0) is 17.2 Å². The summed E-state index contributed by atoms with van der Waals surface area (Å²) in [4.78, 5) is 34.7. The zero-order valence-electron chi connectivity index (χ0n) is 21.2. The molecule has 42 heavy (non-hydrogen) atoms. The van der Waals surface area contributed by atoms with Crippen molar-refractivity contribution in [3.05, 3.63) is 66.2 Å². The maximum Gasteiger partial charge on any atom is 0.481 e. The van der Waals surface area contributed by atoms with Crippen LogP contribution in [-0.4, -0.2) is 64.3 Å². The van der Waals surface area contributed by atoms with Crippen LogP contribution in [-0.2, 0) is 29.2 Å². The third-order valence-corrected chi connectivity index (χ3v) is 8.52. The van der Waals surface area contributed by atoms with Crippen molar-refractivity contribution in [2.75, 3.05) is 12.3 Å². The summed E-state index contributed by atoms with van der Waals surface area (Å²) in [6.45, 7) is -1.12. The summed E-state index contributed by atoms with van der Waals surface area (Å²) in [5.74, 6) is -1.80. The topological polar surface area (TPSA) is 247 Å². The fraction of sp³-hybridized carbons (Fsp3) is 0.261. The molecule has 19 heteroatoms. The number of fused-ring (bicyclic) bond motifs is 1. The fourth-order valence-corrected chi connectivity index (χ4v) is 6.13. The molecule has 5 rings (SSSR count). The van der Waals surface area contributed by atoms with Crippen LogP contribution in [0.2, 0.25) is 0 Å². The number of rotatable bonds is 9. The minimum absolute atomic E-state index is 0.129. The number of benzene rings is 2. The number of nitrogen functional groups attached to an aromatic ring is 1. The van der Waals surface area contributed by atoms with Gasteiger partial charge in [0.05, 0.1) is 13.2 Å². The molecular formula is C23H24FN5O11P2. The highest BCUT2D eigenvalue weighted by Gasteiger charge is 2.48. The van der Waals surface area contributed by atoms with Crippen molar-refractivity contribution < 1.29 is 61.7 Å². The second kappa shape index (κ2) is 11.4. The van der Waals surface area contributed by atoms with Gasteiger partial charge >= 0.3 is 21.3 Å². The monoisotopic (exact) mass is 627 g/mol. The molecule has 16 nitrogen and oxygen atoms in total. The summed E-state index contributed by atoms with van der Waals surface area (Å²) in [6, 6.07) is 13.7. The summed E-state index contributed by atoms with van der Waals surface area (Å²) in [5.41, 5.74) is 7.03. The lowest BCUT2D eigenvalue weighted by Crippen LogP contribution is -2.46. The molecule has 224 valence electrons. The van der Waals surface area contributed by atoms with Gasteiger partial charge in [0.15, 0.2) is 11.8 Å². The molecule has 1 aliphatic heterocycles. The van der Waals surface area contributed by atoms with Crippen LogP contribution >= 0.6 is 15.6 Å². The van der Waals surface area contributed by atoms with Gasteiger partial charge in [-0.15, -0.1) is 0 Å². The molecule has 1 aliphatic rings. The number of nitrogens with zero attached hydrogens (tertiary/aromatic N) is 4. The van der Waals surface area contributed by atoms with Gasteiger partial charge in [0.25, 0.3) is 5.95 Å². The zero-order chi connectivity index (χ0) is 30.4. The van der Waals surface area contributed by atoms with E-state index in [2.05, 4.69) is 18.8 Å². The average molecular weight is 627 g/mol. The summed E-state index contributed by atoms with van der Waals surface area (Å²) < 4.78 is 54.1. The Bertz CT molecular complexity index is 1720. The summed E-state index contributed by atoms with van der Waals surface area (Å²) >= 11 is 0. The van der Waals surface area contributed by atoms with E-state index >= 15 is 4.39 Å². The Kier molecular flexibility index (Phi) is 8.17. The molecule has 7 N–H and O–H groups in total. The molecule has 2 aromatic carbocycles. The molecule has 0 amide bonds. The standard InChI is InChI=1S/C23H24FN5O11P2/c24-15-8-13(12-4-2-1-3-5-12)6-7-14(15)9-28-11-29(20-17(28)21(32)27-23(25)26-20)22-19(31)18(30)16(39-22)10-38-42(36,37)40-41(33,34)35/h1-8,11,16,18-19,22,30-31H,9-10H2,(H5-,25,26,27,32,33,34,35,36,37)/t16-,18-,19-,22-/m1/s1. The lowest BCUT2D eigenvalue weighted by Gasteiger charge is -2.17. The molecule has 1 unspecified atom stereocenters. The molecule has 0 radical (unpaired) electrons. The van der Waals surface area contributed by atoms with Gasteiger partial charge < -0.3 is 40.5 Å². The van der Waals surface area contributed by atoms with E-state index in [9.17, 15) is 29.3 Å². The Morgan fingerprint density at radius 3 is 2.45 bits per heavy atom. The third-order valence-electron chi connectivity index (χ3n) is 6.37. The van der Waals surface area contributed by atoms with Crippen LogP contribution < -0.4 is 15.4 Å². The first-order chi connectivity index (χ1) is 19.7. The van der Waals surface area contributed by atoms with Gasteiger partial charge in [-0.3, -0.25) is 9.09 Å². The molecular weight excluding hydrogens is 603 g/mol. The van der Waals surface area contributed by atoms with Gasteiger partial charge in [0, 0.05) is 11.4 Å². The largest absolute Gasteiger partial charge is 0.856 e. The molecule has 5 atom stereocenters. The van der Waals surface area contributed by atoms with E-state index < -0.39 is 64.4 Å². The van der Waals surface area contributed by atoms with Crippen molar-refractivity contribution >= 4 is 32.8 Å². The van der Waals surface area contributed by atoms with E-state index in [0.29, 0.717) is 5.56 Å². The van der Waals surface area contributed by atoms with Crippen LogP contribution in [0.25, 0.3) is 22.3 Å². The van der Waals surface area contributed by atoms with Gasteiger partial charge in [-0.2, -0.15) is 4.31 Å². The number of halogens is 1. The molecule has 1 fully saturated rings. The summed E-state index contributed by atoms with van der Waals surface area (Å²) in [6.07, 6.45) is -5.19. The van der Waals surface area contributed by atoms with E-state index in [4.69, 9.17) is 20.3 Å². The van der Waals surface area contributed by atoms with Crippen LogP contribution in [0.1, 0.15) is 11.8 Å². The number of hydrogen-bond acceptors (Lipinski definition) is 11. The Hall–Kier alpha value is -3.34. The van der Waals surface area contributed by atoms with E-state index in [0.717, 1.165) is 10.1 Å². The predicted molar refractivity (Wildman–Crippen MR) is 137 cm³/mol. The molecule has 0 bridgehead atoms. The highest BCUT2D eigenvalue weighted by molar-refractivity contribution is 7.60. The molecule has 3 heterocycles.